The van der Waals surface area contributed by atoms with Crippen LogP contribution >= 0.6 is 15.9 Å². The summed E-state index contributed by atoms with van der Waals surface area (Å²) in [7, 11) is 0. The third-order valence-corrected chi connectivity index (χ3v) is 3.90. The molecule has 1 aliphatic rings. The highest BCUT2D eigenvalue weighted by Gasteiger charge is 2.38. The fraction of sp³-hybridized carbons (Fsp3) is 0.500. The summed E-state index contributed by atoms with van der Waals surface area (Å²) in [4.78, 5) is 25.5. The van der Waals surface area contributed by atoms with Gasteiger partial charge in [-0.2, -0.15) is 0 Å². The largest absolute Gasteiger partial charge is 0.491 e. The van der Waals surface area contributed by atoms with E-state index in [1.54, 1.807) is 25.1 Å². The molecular formula is C16H20BrNO4. The van der Waals surface area contributed by atoms with E-state index in [4.69, 9.17) is 4.74 Å². The summed E-state index contributed by atoms with van der Waals surface area (Å²) >= 11 is 3.37. The molecule has 0 bridgehead atoms. The quantitative estimate of drug-likeness (QED) is 0.834. The number of hydrogen-bond acceptors (Lipinski definition) is 3. The number of rotatable bonds is 6. The van der Waals surface area contributed by atoms with E-state index in [1.165, 1.54) is 4.90 Å². The zero-order valence-electron chi connectivity index (χ0n) is 12.9. The van der Waals surface area contributed by atoms with Gasteiger partial charge in [0.2, 0.25) is 0 Å². The van der Waals surface area contributed by atoms with Crippen LogP contribution in [0.1, 0.15) is 44.0 Å². The Balaban J connectivity index is 2.30. The first kappa shape index (κ1) is 16.8. The normalized spacial score (nSPS) is 15.5. The first-order chi connectivity index (χ1) is 10.3. The van der Waals surface area contributed by atoms with Crippen molar-refractivity contribution in [2.24, 2.45) is 0 Å². The molecule has 0 saturated heterocycles. The number of amides is 1. The zero-order chi connectivity index (χ0) is 16.4. The molecule has 1 saturated carbocycles. The lowest BCUT2D eigenvalue weighted by atomic mass is 10.1. The van der Waals surface area contributed by atoms with E-state index in [0.717, 1.165) is 17.3 Å². The maximum Gasteiger partial charge on any atom is 0.326 e. The van der Waals surface area contributed by atoms with Gasteiger partial charge in [0.25, 0.3) is 5.91 Å². The van der Waals surface area contributed by atoms with Crippen LogP contribution in [-0.4, -0.2) is 40.1 Å². The molecule has 1 unspecified atom stereocenters. The highest BCUT2D eigenvalue weighted by Crippen LogP contribution is 2.32. The summed E-state index contributed by atoms with van der Waals surface area (Å²) in [6, 6.07) is 4.33. The Labute approximate surface area is 138 Å². The van der Waals surface area contributed by atoms with Crippen molar-refractivity contribution >= 4 is 27.8 Å². The van der Waals surface area contributed by atoms with Crippen LogP contribution in [0.4, 0.5) is 0 Å². The molecule has 1 amide bonds. The lowest BCUT2D eigenvalue weighted by molar-refractivity contribution is -0.141. The van der Waals surface area contributed by atoms with E-state index in [-0.39, 0.29) is 18.1 Å². The number of carbonyl (C=O) groups excluding carboxylic acids is 1. The number of nitrogens with zero attached hydrogens (tertiary/aromatic N) is 1. The second-order valence-corrected chi connectivity index (χ2v) is 6.72. The van der Waals surface area contributed by atoms with Crippen molar-refractivity contribution in [3.8, 4) is 5.75 Å². The lowest BCUT2D eigenvalue weighted by Crippen LogP contribution is -2.44. The smallest absolute Gasteiger partial charge is 0.326 e. The van der Waals surface area contributed by atoms with Crippen molar-refractivity contribution in [1.82, 2.24) is 4.90 Å². The number of benzene rings is 1. The fourth-order valence-corrected chi connectivity index (χ4v) is 2.78. The minimum absolute atomic E-state index is 0.00488. The minimum Gasteiger partial charge on any atom is -0.491 e. The SMILES string of the molecule is CC(C)Oc1cc(Br)cc(C(=O)N(C2CC2)C(C)C(=O)O)c1. The van der Waals surface area contributed by atoms with Crippen molar-refractivity contribution in [2.45, 2.75) is 51.8 Å². The van der Waals surface area contributed by atoms with E-state index >= 15 is 0 Å². The molecule has 1 fully saturated rings. The van der Waals surface area contributed by atoms with Gasteiger partial charge in [-0.3, -0.25) is 4.79 Å². The summed E-state index contributed by atoms with van der Waals surface area (Å²) in [6.07, 6.45) is 1.70. The van der Waals surface area contributed by atoms with E-state index < -0.39 is 12.0 Å². The molecule has 1 aliphatic carbocycles. The summed E-state index contributed by atoms with van der Waals surface area (Å²) in [5.41, 5.74) is 0.435. The maximum absolute atomic E-state index is 12.7. The second kappa shape index (κ2) is 6.69. The van der Waals surface area contributed by atoms with Crippen LogP contribution in [-0.2, 0) is 4.79 Å². The topological polar surface area (TPSA) is 66.8 Å². The van der Waals surface area contributed by atoms with Crippen molar-refractivity contribution in [3.05, 3.63) is 28.2 Å². The lowest BCUT2D eigenvalue weighted by Gasteiger charge is -2.26. The van der Waals surface area contributed by atoms with Crippen LogP contribution in [0.25, 0.3) is 0 Å². The van der Waals surface area contributed by atoms with Crippen molar-refractivity contribution in [3.63, 3.8) is 0 Å². The molecule has 0 aromatic heterocycles. The van der Waals surface area contributed by atoms with Crippen LogP contribution in [0.15, 0.2) is 22.7 Å². The third kappa shape index (κ3) is 4.00. The number of carbonyl (C=O) groups is 2. The first-order valence-electron chi connectivity index (χ1n) is 7.32. The second-order valence-electron chi connectivity index (χ2n) is 5.80. The number of ether oxygens (including phenoxy) is 1. The number of carboxylic acids is 1. The van der Waals surface area contributed by atoms with Crippen LogP contribution < -0.4 is 4.74 Å². The molecule has 1 atom stereocenters. The van der Waals surface area contributed by atoms with Gasteiger partial charge in [0.05, 0.1) is 6.10 Å². The van der Waals surface area contributed by atoms with Crippen molar-refractivity contribution in [2.75, 3.05) is 0 Å². The van der Waals surface area contributed by atoms with Gasteiger partial charge in [-0.05, 0) is 51.8 Å². The van der Waals surface area contributed by atoms with Gasteiger partial charge >= 0.3 is 5.97 Å². The van der Waals surface area contributed by atoms with Crippen molar-refractivity contribution in [1.29, 1.82) is 0 Å². The Morgan fingerprint density at radius 3 is 2.41 bits per heavy atom. The summed E-state index contributed by atoms with van der Waals surface area (Å²) in [6.45, 7) is 5.36. The van der Waals surface area contributed by atoms with Crippen LogP contribution in [0.2, 0.25) is 0 Å². The molecule has 5 nitrogen and oxygen atoms in total. The Kier molecular flexibility index (Phi) is 5.11. The first-order valence-corrected chi connectivity index (χ1v) is 8.11. The molecule has 2 rings (SSSR count). The molecule has 120 valence electrons. The predicted molar refractivity (Wildman–Crippen MR) is 86.2 cm³/mol. The monoisotopic (exact) mass is 369 g/mol. The van der Waals surface area contributed by atoms with Gasteiger partial charge in [0.15, 0.2) is 0 Å². The van der Waals surface area contributed by atoms with E-state index in [0.29, 0.717) is 11.3 Å². The summed E-state index contributed by atoms with van der Waals surface area (Å²) < 4.78 is 6.36. The molecule has 0 spiro atoms. The number of halogens is 1. The molecule has 1 aromatic rings. The van der Waals surface area contributed by atoms with Gasteiger partial charge in [0.1, 0.15) is 11.8 Å². The van der Waals surface area contributed by atoms with E-state index in [2.05, 4.69) is 15.9 Å². The van der Waals surface area contributed by atoms with Gasteiger partial charge < -0.3 is 14.7 Å². The predicted octanol–water partition coefficient (Wildman–Crippen LogP) is 3.31. The van der Waals surface area contributed by atoms with Gasteiger partial charge in [-0.25, -0.2) is 4.79 Å². The molecule has 1 N–H and O–H groups in total. The Hall–Kier alpha value is -1.56. The standard InChI is InChI=1S/C16H20BrNO4/c1-9(2)22-14-7-11(6-12(17)8-14)15(19)18(13-4-5-13)10(3)16(20)21/h6-10,13H,4-5H2,1-3H3,(H,20,21). The average molecular weight is 370 g/mol. The Bertz CT molecular complexity index is 584. The fourth-order valence-electron chi connectivity index (χ4n) is 2.31. The average Bonchev–Trinajstić information content (AvgIpc) is 3.21. The molecule has 22 heavy (non-hydrogen) atoms. The van der Waals surface area contributed by atoms with E-state index in [9.17, 15) is 14.7 Å². The molecule has 0 radical (unpaired) electrons. The number of hydrogen-bond donors (Lipinski definition) is 1. The van der Waals surface area contributed by atoms with Gasteiger partial charge in [-0.15, -0.1) is 0 Å². The molecule has 0 heterocycles. The molecule has 0 aliphatic heterocycles. The minimum atomic E-state index is -0.992. The Morgan fingerprint density at radius 1 is 1.27 bits per heavy atom. The van der Waals surface area contributed by atoms with E-state index in [1.807, 2.05) is 13.8 Å². The molecule has 1 aromatic carbocycles. The number of carboxylic acid groups (broad SMARTS) is 1. The highest BCUT2D eigenvalue weighted by molar-refractivity contribution is 9.10. The van der Waals surface area contributed by atoms with Gasteiger partial charge in [0, 0.05) is 16.1 Å². The summed E-state index contributed by atoms with van der Waals surface area (Å²) in [5.74, 6) is -0.673. The van der Waals surface area contributed by atoms with Crippen LogP contribution in [0.3, 0.4) is 0 Å². The van der Waals surface area contributed by atoms with Crippen molar-refractivity contribution < 1.29 is 19.4 Å². The van der Waals surface area contributed by atoms with Crippen LogP contribution in [0, 0.1) is 0 Å². The maximum atomic E-state index is 12.7. The Morgan fingerprint density at radius 2 is 1.91 bits per heavy atom. The zero-order valence-corrected chi connectivity index (χ0v) is 14.5. The third-order valence-electron chi connectivity index (χ3n) is 3.44. The van der Waals surface area contributed by atoms with Crippen LogP contribution in [0.5, 0.6) is 5.75 Å². The molecular weight excluding hydrogens is 350 g/mol. The highest BCUT2D eigenvalue weighted by atomic mass is 79.9. The van der Waals surface area contributed by atoms with Gasteiger partial charge in [-0.1, -0.05) is 15.9 Å². The molecule has 6 heteroatoms. The summed E-state index contributed by atoms with van der Waals surface area (Å²) in [5, 5.41) is 9.23. The number of aliphatic carboxylic acids is 1.